The van der Waals surface area contributed by atoms with Gasteiger partial charge in [-0.05, 0) is 12.1 Å². The molecule has 3 heteroatoms. The molecule has 1 heterocycles. The molecule has 0 amide bonds. The predicted octanol–water partition coefficient (Wildman–Crippen LogP) is 2.26. The maximum Gasteiger partial charge on any atom is 0.161 e. The largest absolute Gasteiger partial charge is 0.488 e. The van der Waals surface area contributed by atoms with Crippen LogP contribution in [0.1, 0.15) is 0 Å². The van der Waals surface area contributed by atoms with Crippen molar-refractivity contribution in [1.29, 1.82) is 0 Å². The van der Waals surface area contributed by atoms with Gasteiger partial charge in [0, 0.05) is 0 Å². The van der Waals surface area contributed by atoms with E-state index < -0.39 is 0 Å². The van der Waals surface area contributed by atoms with E-state index in [-0.39, 0.29) is 0 Å². The van der Waals surface area contributed by atoms with Crippen molar-refractivity contribution in [1.82, 2.24) is 0 Å². The predicted molar refractivity (Wildman–Crippen MR) is 55.2 cm³/mol. The molecule has 0 radical (unpaired) electrons. The van der Waals surface area contributed by atoms with Gasteiger partial charge in [0.05, 0.1) is 3.92 Å². The van der Waals surface area contributed by atoms with E-state index in [0.29, 0.717) is 3.92 Å². The molecule has 0 spiro atoms. The van der Waals surface area contributed by atoms with Gasteiger partial charge in [0.1, 0.15) is 13.2 Å². The first kappa shape index (κ1) is 8.16. The minimum atomic E-state index is 0.440. The van der Waals surface area contributed by atoms with Gasteiger partial charge in [-0.2, -0.15) is 0 Å². The van der Waals surface area contributed by atoms with E-state index in [9.17, 15) is 0 Å². The Kier molecular flexibility index (Phi) is 2.39. The third-order valence-corrected chi connectivity index (χ3v) is 2.41. The van der Waals surface area contributed by atoms with Crippen molar-refractivity contribution in [2.75, 3.05) is 13.2 Å². The fraction of sp³-hybridized carbons (Fsp3) is 0.333. The lowest BCUT2D eigenvalue weighted by atomic mass is 10.3. The molecule has 2 rings (SSSR count). The minimum absolute atomic E-state index is 0.440. The summed E-state index contributed by atoms with van der Waals surface area (Å²) in [6, 6.07) is 7.78. The van der Waals surface area contributed by atoms with Crippen molar-refractivity contribution in [3.8, 4) is 11.5 Å². The van der Waals surface area contributed by atoms with Crippen molar-refractivity contribution in [2.24, 2.45) is 0 Å². The molecular weight excluding hydrogens is 267 g/mol. The van der Waals surface area contributed by atoms with Crippen LogP contribution in [0.3, 0.4) is 0 Å². The van der Waals surface area contributed by atoms with Crippen LogP contribution < -0.4 is 9.47 Å². The third-order valence-electron chi connectivity index (χ3n) is 1.69. The van der Waals surface area contributed by atoms with Crippen LogP contribution in [0.2, 0.25) is 0 Å². The molecule has 0 atom stereocenters. The first-order valence-electron chi connectivity index (χ1n) is 3.85. The number of rotatable bonds is 0. The smallest absolute Gasteiger partial charge is 0.161 e. The molecule has 0 aromatic heterocycles. The van der Waals surface area contributed by atoms with Crippen LogP contribution in [-0.4, -0.2) is 17.1 Å². The normalized spacial score (nSPS) is 17.1. The molecule has 1 aliphatic heterocycles. The number of hydrogen-bond acceptors (Lipinski definition) is 2. The summed E-state index contributed by atoms with van der Waals surface area (Å²) in [5.74, 6) is 1.72. The Labute approximate surface area is 85.0 Å². The number of ether oxygens (including phenoxy) is 2. The van der Waals surface area contributed by atoms with E-state index in [1.165, 1.54) is 0 Å². The average Bonchev–Trinajstić information content (AvgIpc) is 2.29. The van der Waals surface area contributed by atoms with E-state index in [1.54, 1.807) is 0 Å². The molecule has 0 saturated heterocycles. The fourth-order valence-electron chi connectivity index (χ4n) is 1.10. The quantitative estimate of drug-likeness (QED) is 0.534. The van der Waals surface area contributed by atoms with Crippen molar-refractivity contribution in [3.05, 3.63) is 24.3 Å². The second kappa shape index (κ2) is 3.51. The molecule has 0 N–H and O–H groups in total. The van der Waals surface area contributed by atoms with Gasteiger partial charge in [-0.15, -0.1) is 0 Å². The molecule has 0 fully saturated rings. The summed E-state index contributed by atoms with van der Waals surface area (Å²) in [6.45, 7) is 1.47. The van der Waals surface area contributed by atoms with Crippen LogP contribution in [0.25, 0.3) is 0 Å². The van der Waals surface area contributed by atoms with E-state index >= 15 is 0 Å². The lowest BCUT2D eigenvalue weighted by Gasteiger charge is -2.04. The molecular formula is C9H9IO2. The summed E-state index contributed by atoms with van der Waals surface area (Å²) in [5, 5.41) is 0. The lowest BCUT2D eigenvalue weighted by Crippen LogP contribution is -2.15. The first-order valence-corrected chi connectivity index (χ1v) is 5.09. The van der Waals surface area contributed by atoms with Gasteiger partial charge in [0.25, 0.3) is 0 Å². The molecule has 0 saturated carbocycles. The van der Waals surface area contributed by atoms with Crippen LogP contribution in [0.15, 0.2) is 24.3 Å². The number of fused-ring (bicyclic) bond motifs is 1. The van der Waals surface area contributed by atoms with Gasteiger partial charge in [-0.3, -0.25) is 0 Å². The zero-order chi connectivity index (χ0) is 8.39. The van der Waals surface area contributed by atoms with Gasteiger partial charge in [-0.25, -0.2) is 0 Å². The zero-order valence-electron chi connectivity index (χ0n) is 6.50. The standard InChI is InChI=1S/C9H9IO2/c10-7-5-11-8-3-1-2-4-9(8)12-6-7/h1-4,7H,5-6H2. The second-order valence-electron chi connectivity index (χ2n) is 2.67. The summed E-state index contributed by atoms with van der Waals surface area (Å²) in [6.07, 6.45) is 0. The van der Waals surface area contributed by atoms with Crippen LogP contribution >= 0.6 is 22.6 Å². The summed E-state index contributed by atoms with van der Waals surface area (Å²) < 4.78 is 11.5. The Morgan fingerprint density at radius 3 is 2.08 bits per heavy atom. The Hall–Kier alpha value is -0.450. The van der Waals surface area contributed by atoms with Gasteiger partial charge in [0.15, 0.2) is 11.5 Å². The average molecular weight is 276 g/mol. The van der Waals surface area contributed by atoms with Gasteiger partial charge >= 0.3 is 0 Å². The van der Waals surface area contributed by atoms with Gasteiger partial charge < -0.3 is 9.47 Å². The van der Waals surface area contributed by atoms with Crippen molar-refractivity contribution < 1.29 is 9.47 Å². The molecule has 0 unspecified atom stereocenters. The van der Waals surface area contributed by atoms with Crippen LogP contribution in [0.5, 0.6) is 11.5 Å². The fourth-order valence-corrected chi connectivity index (χ4v) is 1.46. The lowest BCUT2D eigenvalue weighted by molar-refractivity contribution is 0.312. The highest BCUT2D eigenvalue weighted by atomic mass is 127. The van der Waals surface area contributed by atoms with E-state index in [4.69, 9.17) is 9.47 Å². The van der Waals surface area contributed by atoms with Crippen molar-refractivity contribution in [3.63, 3.8) is 0 Å². The van der Waals surface area contributed by atoms with E-state index in [2.05, 4.69) is 22.6 Å². The number of para-hydroxylation sites is 2. The molecule has 64 valence electrons. The number of benzene rings is 1. The second-order valence-corrected chi connectivity index (χ2v) is 4.43. The summed E-state index contributed by atoms with van der Waals surface area (Å²) in [5.41, 5.74) is 0. The molecule has 0 aliphatic carbocycles. The van der Waals surface area contributed by atoms with E-state index in [0.717, 1.165) is 24.7 Å². The maximum absolute atomic E-state index is 5.53. The molecule has 1 aromatic carbocycles. The molecule has 1 aromatic rings. The Morgan fingerprint density at radius 2 is 1.58 bits per heavy atom. The third kappa shape index (κ3) is 1.65. The van der Waals surface area contributed by atoms with E-state index in [1.807, 2.05) is 24.3 Å². The van der Waals surface area contributed by atoms with Crippen LogP contribution in [0.4, 0.5) is 0 Å². The molecule has 0 bridgehead atoms. The summed E-state index contributed by atoms with van der Waals surface area (Å²) in [7, 11) is 0. The highest BCUT2D eigenvalue weighted by Crippen LogP contribution is 2.29. The first-order chi connectivity index (χ1) is 5.86. The number of halogens is 1. The minimum Gasteiger partial charge on any atom is -0.488 e. The Morgan fingerprint density at radius 1 is 1.08 bits per heavy atom. The number of alkyl halides is 1. The monoisotopic (exact) mass is 276 g/mol. The van der Waals surface area contributed by atoms with Gasteiger partial charge in [0.2, 0.25) is 0 Å². The van der Waals surface area contributed by atoms with Gasteiger partial charge in [-0.1, -0.05) is 34.7 Å². The SMILES string of the molecule is IC1COc2ccccc2OC1. The molecule has 12 heavy (non-hydrogen) atoms. The highest BCUT2D eigenvalue weighted by molar-refractivity contribution is 14.1. The number of hydrogen-bond donors (Lipinski definition) is 0. The van der Waals surface area contributed by atoms with Crippen LogP contribution in [-0.2, 0) is 0 Å². The highest BCUT2D eigenvalue weighted by Gasteiger charge is 2.14. The topological polar surface area (TPSA) is 18.5 Å². The summed E-state index contributed by atoms with van der Waals surface area (Å²) >= 11 is 2.33. The zero-order valence-corrected chi connectivity index (χ0v) is 8.65. The summed E-state index contributed by atoms with van der Waals surface area (Å²) in [4.78, 5) is 0. The maximum atomic E-state index is 5.53. The molecule has 2 nitrogen and oxygen atoms in total. The van der Waals surface area contributed by atoms with Crippen LogP contribution in [0, 0.1) is 0 Å². The Bertz CT molecular complexity index is 248. The van der Waals surface area contributed by atoms with Crippen molar-refractivity contribution in [2.45, 2.75) is 3.92 Å². The molecule has 1 aliphatic rings. The Balaban J connectivity index is 2.26. The van der Waals surface area contributed by atoms with Crippen molar-refractivity contribution >= 4 is 22.6 Å².